The zero-order valence-corrected chi connectivity index (χ0v) is 5.55. The minimum atomic E-state index is 0.688. The van der Waals surface area contributed by atoms with Gasteiger partial charge >= 0.3 is 0 Å². The number of hydrazine groups is 1. The molecule has 0 spiro atoms. The van der Waals surface area contributed by atoms with Crippen LogP contribution in [0.3, 0.4) is 0 Å². The van der Waals surface area contributed by atoms with Crippen molar-refractivity contribution in [2.45, 2.75) is 6.92 Å². The summed E-state index contributed by atoms with van der Waals surface area (Å²) in [6.07, 6.45) is 1.71. The van der Waals surface area contributed by atoms with Crippen LogP contribution in [0.15, 0.2) is 17.0 Å². The Balaban J connectivity index is 2.75. The largest absolute Gasteiger partial charge is 0.396 e. The number of rotatable bonds is 0. The van der Waals surface area contributed by atoms with Gasteiger partial charge in [-0.15, -0.1) is 0 Å². The number of nitrogens with one attached hydrogen (secondary N) is 1. The summed E-state index contributed by atoms with van der Waals surface area (Å²) in [5, 5.41) is 5.61. The Morgan fingerprint density at radius 3 is 2.89 bits per heavy atom. The molecule has 1 aliphatic heterocycles. The molecule has 9 heavy (non-hydrogen) atoms. The molecule has 0 unspecified atom stereocenters. The van der Waals surface area contributed by atoms with E-state index in [0.717, 1.165) is 5.71 Å². The number of nitrogens with two attached hydrogens (primary N) is 1. The van der Waals surface area contributed by atoms with Crippen LogP contribution < -0.4 is 11.2 Å². The first-order chi connectivity index (χ1) is 4.20. The van der Waals surface area contributed by atoms with Gasteiger partial charge in [-0.05, 0) is 6.92 Å². The average Bonchev–Trinajstić information content (AvgIpc) is 1.80. The molecule has 0 aromatic rings. The maximum atomic E-state index is 5.48. The highest BCUT2D eigenvalue weighted by atomic mass is 15.7. The molecule has 1 heterocycles. The Hall–Kier alpha value is -1.19. The Bertz CT molecular complexity index is 170. The smallest absolute Gasteiger partial charge is 0.0838 e. The van der Waals surface area contributed by atoms with E-state index >= 15 is 0 Å². The number of hydrazone groups is 1. The van der Waals surface area contributed by atoms with Gasteiger partial charge in [0, 0.05) is 13.2 Å². The molecule has 0 amide bonds. The van der Waals surface area contributed by atoms with Gasteiger partial charge in [-0.3, -0.25) is 5.43 Å². The fraction of sp³-hybridized carbons (Fsp3) is 0.400. The van der Waals surface area contributed by atoms with Crippen LogP contribution in [0.25, 0.3) is 0 Å². The van der Waals surface area contributed by atoms with Gasteiger partial charge in [0.15, 0.2) is 0 Å². The molecule has 4 nitrogen and oxygen atoms in total. The highest BCUT2D eigenvalue weighted by Crippen LogP contribution is 1.95. The summed E-state index contributed by atoms with van der Waals surface area (Å²) in [5.74, 6) is 0. The van der Waals surface area contributed by atoms with Gasteiger partial charge in [0.05, 0.1) is 11.4 Å². The summed E-state index contributed by atoms with van der Waals surface area (Å²) in [7, 11) is 1.81. The number of allylic oxidation sites excluding steroid dienone is 1. The molecule has 0 aliphatic carbocycles. The van der Waals surface area contributed by atoms with Crippen molar-refractivity contribution < 1.29 is 0 Å². The van der Waals surface area contributed by atoms with Crippen molar-refractivity contribution in [1.29, 1.82) is 0 Å². The third-order valence-electron chi connectivity index (χ3n) is 1.12. The van der Waals surface area contributed by atoms with Crippen LogP contribution in [0.5, 0.6) is 0 Å². The molecule has 0 saturated heterocycles. The lowest BCUT2D eigenvalue weighted by molar-refractivity contribution is 0.286. The predicted molar refractivity (Wildman–Crippen MR) is 36.3 cm³/mol. The van der Waals surface area contributed by atoms with Gasteiger partial charge in [-0.2, -0.15) is 5.10 Å². The monoisotopic (exact) mass is 126 g/mol. The normalized spacial score (nSPS) is 18.2. The fourth-order valence-electron chi connectivity index (χ4n) is 0.579. The second kappa shape index (κ2) is 1.97. The van der Waals surface area contributed by atoms with Crippen molar-refractivity contribution in [3.63, 3.8) is 0 Å². The Morgan fingerprint density at radius 2 is 2.44 bits per heavy atom. The standard InChI is InChI=1S/C5H10N4/c1-4-5(6)3-7-9(2)8-4/h3,7H,6H2,1-2H3. The summed E-state index contributed by atoms with van der Waals surface area (Å²) >= 11 is 0. The topological polar surface area (TPSA) is 53.6 Å². The second-order valence-corrected chi connectivity index (χ2v) is 1.94. The Morgan fingerprint density at radius 1 is 1.78 bits per heavy atom. The summed E-state index contributed by atoms with van der Waals surface area (Å²) in [5.41, 5.74) is 9.83. The van der Waals surface area contributed by atoms with Gasteiger partial charge in [0.1, 0.15) is 0 Å². The maximum absolute atomic E-state index is 5.48. The molecule has 1 rings (SSSR count). The Kier molecular flexibility index (Phi) is 1.30. The van der Waals surface area contributed by atoms with E-state index in [9.17, 15) is 0 Å². The minimum Gasteiger partial charge on any atom is -0.396 e. The summed E-state index contributed by atoms with van der Waals surface area (Å²) in [4.78, 5) is 0. The highest BCUT2D eigenvalue weighted by molar-refractivity contribution is 5.97. The number of hydrogen-bond donors (Lipinski definition) is 2. The predicted octanol–water partition coefficient (Wildman–Crippen LogP) is -0.388. The van der Waals surface area contributed by atoms with Crippen LogP contribution in [-0.4, -0.2) is 17.9 Å². The number of nitrogens with zero attached hydrogens (tertiary/aromatic N) is 2. The molecule has 0 aromatic heterocycles. The van der Waals surface area contributed by atoms with Gasteiger partial charge in [0.2, 0.25) is 0 Å². The lowest BCUT2D eigenvalue weighted by atomic mass is 10.3. The van der Waals surface area contributed by atoms with Gasteiger partial charge in [0.25, 0.3) is 0 Å². The van der Waals surface area contributed by atoms with E-state index in [2.05, 4.69) is 10.5 Å². The molecule has 3 N–H and O–H groups in total. The summed E-state index contributed by atoms with van der Waals surface area (Å²) < 4.78 is 0. The minimum absolute atomic E-state index is 0.688. The molecular formula is C5H10N4. The van der Waals surface area contributed by atoms with Crippen LogP contribution in [0, 0.1) is 0 Å². The molecule has 1 aliphatic rings. The van der Waals surface area contributed by atoms with Crippen molar-refractivity contribution >= 4 is 5.71 Å². The molecule has 0 aromatic carbocycles. The summed E-state index contributed by atoms with van der Waals surface area (Å²) in [6.45, 7) is 1.86. The zero-order valence-electron chi connectivity index (χ0n) is 5.55. The first-order valence-electron chi connectivity index (χ1n) is 2.71. The van der Waals surface area contributed by atoms with E-state index in [1.54, 1.807) is 11.3 Å². The lowest BCUT2D eigenvalue weighted by Crippen LogP contribution is -2.32. The Labute approximate surface area is 54.0 Å². The SMILES string of the molecule is CC1=NN(C)NC=C1N. The van der Waals surface area contributed by atoms with Gasteiger partial charge in [-0.25, -0.2) is 5.12 Å². The molecule has 50 valence electrons. The van der Waals surface area contributed by atoms with Crippen LogP contribution in [0.1, 0.15) is 6.92 Å². The number of hydrogen-bond acceptors (Lipinski definition) is 4. The van der Waals surface area contributed by atoms with E-state index < -0.39 is 0 Å². The molecule has 0 radical (unpaired) electrons. The first-order valence-corrected chi connectivity index (χ1v) is 2.71. The van der Waals surface area contributed by atoms with E-state index in [1.165, 1.54) is 0 Å². The van der Waals surface area contributed by atoms with E-state index in [-0.39, 0.29) is 0 Å². The molecular weight excluding hydrogens is 116 g/mol. The zero-order chi connectivity index (χ0) is 6.85. The lowest BCUT2D eigenvalue weighted by Gasteiger charge is -2.18. The van der Waals surface area contributed by atoms with Crippen LogP contribution in [-0.2, 0) is 0 Å². The molecule has 0 atom stereocenters. The molecule has 0 bridgehead atoms. The van der Waals surface area contributed by atoms with E-state index in [0.29, 0.717) is 5.70 Å². The molecule has 0 saturated carbocycles. The van der Waals surface area contributed by atoms with Crippen LogP contribution in [0.2, 0.25) is 0 Å². The maximum Gasteiger partial charge on any atom is 0.0838 e. The van der Waals surface area contributed by atoms with Crippen molar-refractivity contribution in [2.75, 3.05) is 7.05 Å². The van der Waals surface area contributed by atoms with Crippen molar-refractivity contribution in [2.24, 2.45) is 10.8 Å². The van der Waals surface area contributed by atoms with Gasteiger partial charge in [-0.1, -0.05) is 0 Å². The van der Waals surface area contributed by atoms with Crippen LogP contribution in [0.4, 0.5) is 0 Å². The summed E-state index contributed by atoms with van der Waals surface area (Å²) in [6, 6.07) is 0. The fourth-order valence-corrected chi connectivity index (χ4v) is 0.579. The first kappa shape index (κ1) is 5.94. The van der Waals surface area contributed by atoms with Crippen molar-refractivity contribution in [3.8, 4) is 0 Å². The quantitative estimate of drug-likeness (QED) is 0.465. The van der Waals surface area contributed by atoms with Gasteiger partial charge < -0.3 is 5.73 Å². The van der Waals surface area contributed by atoms with Crippen molar-refractivity contribution in [3.05, 3.63) is 11.9 Å². The van der Waals surface area contributed by atoms with Crippen molar-refractivity contribution in [1.82, 2.24) is 10.5 Å². The third kappa shape index (κ3) is 1.13. The van der Waals surface area contributed by atoms with Crippen LogP contribution >= 0.6 is 0 Å². The second-order valence-electron chi connectivity index (χ2n) is 1.94. The average molecular weight is 126 g/mol. The molecule has 4 heteroatoms. The molecule has 0 fully saturated rings. The highest BCUT2D eigenvalue weighted by Gasteiger charge is 2.02. The third-order valence-corrected chi connectivity index (χ3v) is 1.12. The van der Waals surface area contributed by atoms with E-state index in [1.807, 2.05) is 14.0 Å². The van der Waals surface area contributed by atoms with E-state index in [4.69, 9.17) is 5.73 Å².